The predicted molar refractivity (Wildman–Crippen MR) is 109 cm³/mol. The summed E-state index contributed by atoms with van der Waals surface area (Å²) in [4.78, 5) is 27.6. The molecule has 0 unspecified atom stereocenters. The molecule has 0 atom stereocenters. The van der Waals surface area contributed by atoms with Crippen LogP contribution < -0.4 is 0 Å². The lowest BCUT2D eigenvalue weighted by atomic mass is 10.1. The van der Waals surface area contributed by atoms with Crippen LogP contribution in [0, 0.1) is 5.82 Å². The summed E-state index contributed by atoms with van der Waals surface area (Å²) in [6.07, 6.45) is 0.582. The van der Waals surface area contributed by atoms with Gasteiger partial charge >= 0.3 is 0 Å². The Morgan fingerprint density at radius 2 is 1.71 bits per heavy atom. The van der Waals surface area contributed by atoms with Crippen molar-refractivity contribution in [1.82, 2.24) is 4.90 Å². The molecule has 0 saturated carbocycles. The van der Waals surface area contributed by atoms with E-state index in [-0.39, 0.29) is 17.6 Å². The van der Waals surface area contributed by atoms with E-state index >= 15 is 0 Å². The van der Waals surface area contributed by atoms with E-state index in [2.05, 4.69) is 0 Å². The van der Waals surface area contributed by atoms with Crippen molar-refractivity contribution in [1.29, 1.82) is 0 Å². The van der Waals surface area contributed by atoms with Crippen molar-refractivity contribution in [2.75, 3.05) is 19.8 Å². The highest BCUT2D eigenvalue weighted by Gasteiger charge is 2.38. The molecule has 2 aromatic rings. The van der Waals surface area contributed by atoms with E-state index in [0.29, 0.717) is 48.0 Å². The minimum atomic E-state index is -0.381. The first-order valence-corrected chi connectivity index (χ1v) is 10.2. The van der Waals surface area contributed by atoms with Crippen molar-refractivity contribution in [3.63, 3.8) is 0 Å². The van der Waals surface area contributed by atoms with Gasteiger partial charge in [0.2, 0.25) is 0 Å². The fourth-order valence-electron chi connectivity index (χ4n) is 2.96. The number of imide groups is 1. The molecule has 1 aliphatic rings. The standard InChI is InChI=1S/C22H22FNO3S/c1-2-27-14-6-13-24-21(25)19(17-9-11-18(23)12-10-17)20(22(24)26)28-15-16-7-4-3-5-8-16/h3-5,7-12H,2,6,13-15H2,1H3. The zero-order valence-electron chi connectivity index (χ0n) is 15.7. The SMILES string of the molecule is CCOCCCN1C(=O)C(SCc2ccccc2)=C(c2ccc(F)cc2)C1=O. The van der Waals surface area contributed by atoms with Crippen LogP contribution in [0.1, 0.15) is 24.5 Å². The third kappa shape index (κ3) is 4.69. The molecule has 1 aliphatic heterocycles. The first-order valence-electron chi connectivity index (χ1n) is 9.22. The molecule has 0 radical (unpaired) electrons. The molecule has 0 aliphatic carbocycles. The van der Waals surface area contributed by atoms with Gasteiger partial charge in [0, 0.05) is 25.5 Å². The van der Waals surface area contributed by atoms with E-state index in [0.717, 1.165) is 5.56 Å². The number of rotatable bonds is 9. The summed E-state index contributed by atoms with van der Waals surface area (Å²) in [5.74, 6) is -0.425. The highest BCUT2D eigenvalue weighted by molar-refractivity contribution is 8.03. The smallest absolute Gasteiger partial charge is 0.267 e. The lowest BCUT2D eigenvalue weighted by molar-refractivity contribution is -0.136. The molecule has 0 N–H and O–H groups in total. The van der Waals surface area contributed by atoms with Gasteiger partial charge in [0.05, 0.1) is 10.5 Å². The molecule has 6 heteroatoms. The molecule has 0 fully saturated rings. The molecule has 0 bridgehead atoms. The van der Waals surface area contributed by atoms with Crippen molar-refractivity contribution >= 4 is 29.1 Å². The molecule has 4 nitrogen and oxygen atoms in total. The van der Waals surface area contributed by atoms with Crippen molar-refractivity contribution in [3.8, 4) is 0 Å². The molecule has 28 heavy (non-hydrogen) atoms. The van der Waals surface area contributed by atoms with Gasteiger partial charge in [-0.2, -0.15) is 0 Å². The number of carbonyl (C=O) groups is 2. The summed E-state index contributed by atoms with van der Waals surface area (Å²) in [6.45, 7) is 3.29. The molecule has 2 aromatic carbocycles. The molecule has 146 valence electrons. The Morgan fingerprint density at radius 3 is 2.39 bits per heavy atom. The van der Waals surface area contributed by atoms with Crippen LogP contribution in [0.4, 0.5) is 4.39 Å². The maximum atomic E-state index is 13.3. The normalized spacial score (nSPS) is 14.3. The highest BCUT2D eigenvalue weighted by Crippen LogP contribution is 2.37. The van der Waals surface area contributed by atoms with Gasteiger partial charge in [-0.05, 0) is 36.6 Å². The van der Waals surface area contributed by atoms with Crippen LogP contribution in [0.3, 0.4) is 0 Å². The first kappa shape index (κ1) is 20.3. The van der Waals surface area contributed by atoms with E-state index < -0.39 is 0 Å². The lowest BCUT2D eigenvalue weighted by Gasteiger charge is -2.15. The maximum Gasteiger partial charge on any atom is 0.267 e. The van der Waals surface area contributed by atoms with Gasteiger partial charge in [-0.1, -0.05) is 42.5 Å². The second kappa shape index (κ2) is 9.66. The summed E-state index contributed by atoms with van der Waals surface area (Å²) >= 11 is 1.35. The largest absolute Gasteiger partial charge is 0.382 e. The van der Waals surface area contributed by atoms with Gasteiger partial charge in [0.1, 0.15) is 5.82 Å². The van der Waals surface area contributed by atoms with Crippen molar-refractivity contribution in [2.45, 2.75) is 19.1 Å². The van der Waals surface area contributed by atoms with Crippen LogP contribution in [-0.4, -0.2) is 36.5 Å². The number of amides is 2. The molecule has 1 heterocycles. The van der Waals surface area contributed by atoms with Crippen molar-refractivity contribution < 1.29 is 18.7 Å². The number of ether oxygens (including phenoxy) is 1. The first-order chi connectivity index (χ1) is 13.6. The average molecular weight is 399 g/mol. The summed E-state index contributed by atoms with van der Waals surface area (Å²) in [5.41, 5.74) is 1.97. The van der Waals surface area contributed by atoms with E-state index in [1.54, 1.807) is 12.1 Å². The highest BCUT2D eigenvalue weighted by atomic mass is 32.2. The molecular formula is C22H22FNO3S. The van der Waals surface area contributed by atoms with E-state index in [1.807, 2.05) is 37.3 Å². The summed E-state index contributed by atoms with van der Waals surface area (Å²) < 4.78 is 18.6. The average Bonchev–Trinajstić information content (AvgIpc) is 2.95. The second-order valence-electron chi connectivity index (χ2n) is 6.30. The quantitative estimate of drug-likeness (QED) is 0.467. The monoisotopic (exact) mass is 399 g/mol. The van der Waals surface area contributed by atoms with Crippen molar-refractivity contribution in [2.24, 2.45) is 0 Å². The molecule has 0 saturated heterocycles. The summed E-state index contributed by atoms with van der Waals surface area (Å²) in [7, 11) is 0. The number of thioether (sulfide) groups is 1. The van der Waals surface area contributed by atoms with Crippen molar-refractivity contribution in [3.05, 3.63) is 76.4 Å². The van der Waals surface area contributed by atoms with Crippen LogP contribution in [-0.2, 0) is 20.1 Å². The predicted octanol–water partition coefficient (Wildman–Crippen LogP) is 4.27. The minimum absolute atomic E-state index is 0.290. The lowest BCUT2D eigenvalue weighted by Crippen LogP contribution is -2.33. The zero-order valence-corrected chi connectivity index (χ0v) is 16.5. The third-order valence-electron chi connectivity index (χ3n) is 4.36. The van der Waals surface area contributed by atoms with Gasteiger partial charge in [0.25, 0.3) is 11.8 Å². The van der Waals surface area contributed by atoms with Gasteiger partial charge in [-0.15, -0.1) is 11.8 Å². The Morgan fingerprint density at radius 1 is 1.00 bits per heavy atom. The maximum absolute atomic E-state index is 13.3. The molecule has 0 spiro atoms. The fraction of sp³-hybridized carbons (Fsp3) is 0.273. The van der Waals surface area contributed by atoms with Crippen LogP contribution in [0.15, 0.2) is 59.5 Å². The Kier molecular flexibility index (Phi) is 7.01. The van der Waals surface area contributed by atoms with Crippen LogP contribution in [0.25, 0.3) is 5.57 Å². The number of hydrogen-bond donors (Lipinski definition) is 0. The topological polar surface area (TPSA) is 46.6 Å². The summed E-state index contributed by atoms with van der Waals surface area (Å²) in [5, 5.41) is 0. The number of benzene rings is 2. The van der Waals surface area contributed by atoms with E-state index in [4.69, 9.17) is 4.74 Å². The number of nitrogens with zero attached hydrogens (tertiary/aromatic N) is 1. The van der Waals surface area contributed by atoms with Crippen LogP contribution in [0.2, 0.25) is 0 Å². The Labute approximate surface area is 168 Å². The molecule has 0 aromatic heterocycles. The van der Waals surface area contributed by atoms with Crippen LogP contribution >= 0.6 is 11.8 Å². The molecule has 2 amide bonds. The third-order valence-corrected chi connectivity index (χ3v) is 5.50. The summed E-state index contributed by atoms with van der Waals surface area (Å²) in [6, 6.07) is 15.5. The zero-order chi connectivity index (χ0) is 19.9. The van der Waals surface area contributed by atoms with Gasteiger partial charge in [-0.25, -0.2) is 4.39 Å². The number of halogens is 1. The second-order valence-corrected chi connectivity index (χ2v) is 7.28. The van der Waals surface area contributed by atoms with Gasteiger partial charge < -0.3 is 4.74 Å². The van der Waals surface area contributed by atoms with Gasteiger partial charge in [0.15, 0.2) is 0 Å². The fourth-order valence-corrected chi connectivity index (χ4v) is 4.05. The molecular weight excluding hydrogens is 377 g/mol. The minimum Gasteiger partial charge on any atom is -0.382 e. The Balaban J connectivity index is 1.85. The van der Waals surface area contributed by atoms with E-state index in [1.165, 1.54) is 28.8 Å². The van der Waals surface area contributed by atoms with Gasteiger partial charge in [-0.3, -0.25) is 14.5 Å². The Bertz CT molecular complexity index is 865. The number of hydrogen-bond acceptors (Lipinski definition) is 4. The molecule has 3 rings (SSSR count). The van der Waals surface area contributed by atoms with Crippen LogP contribution in [0.5, 0.6) is 0 Å². The number of carbonyl (C=O) groups excluding carboxylic acids is 2. The van der Waals surface area contributed by atoms with E-state index in [9.17, 15) is 14.0 Å². The Hall–Kier alpha value is -2.44.